The van der Waals surface area contributed by atoms with Gasteiger partial charge in [0, 0.05) is 26.7 Å². The number of amides is 1. The maximum Gasteiger partial charge on any atom is 0.246 e. The van der Waals surface area contributed by atoms with E-state index >= 15 is 0 Å². The molecule has 2 N–H and O–H groups in total. The van der Waals surface area contributed by atoms with E-state index in [9.17, 15) is 4.79 Å². The average Bonchev–Trinajstić information content (AvgIpc) is 2.64. The fourth-order valence-electron chi connectivity index (χ4n) is 1.25. The van der Waals surface area contributed by atoms with Crippen molar-refractivity contribution in [3.63, 3.8) is 0 Å². The highest BCUT2D eigenvalue weighted by Gasteiger charge is 2.17. The summed E-state index contributed by atoms with van der Waals surface area (Å²) in [6.07, 6.45) is 2.45. The molecule has 0 aliphatic heterocycles. The van der Waals surface area contributed by atoms with Gasteiger partial charge in [0.15, 0.2) is 0 Å². The van der Waals surface area contributed by atoms with E-state index in [1.165, 1.54) is 4.90 Å². The van der Waals surface area contributed by atoms with Crippen LogP contribution in [0.4, 0.5) is 0 Å². The minimum atomic E-state index is -0.320. The van der Waals surface area contributed by atoms with E-state index in [-0.39, 0.29) is 11.9 Å². The molecule has 0 aromatic carbocycles. The molecule has 0 fully saturated rings. The molecule has 1 rings (SSSR count). The number of carbonyl (C=O) groups is 1. The van der Waals surface area contributed by atoms with Gasteiger partial charge < -0.3 is 10.6 Å². The number of hydrogen-bond acceptors (Lipinski definition) is 4. The molecule has 0 aliphatic carbocycles. The van der Waals surface area contributed by atoms with Gasteiger partial charge in [-0.3, -0.25) is 4.79 Å². The van der Waals surface area contributed by atoms with Crippen LogP contribution in [0.3, 0.4) is 0 Å². The number of nitrogens with two attached hydrogens (primary N) is 1. The number of rotatable bonds is 4. The van der Waals surface area contributed by atoms with Gasteiger partial charge in [-0.15, -0.1) is 5.10 Å². The van der Waals surface area contributed by atoms with Crippen LogP contribution in [0.15, 0.2) is 6.20 Å². The van der Waals surface area contributed by atoms with E-state index in [1.54, 1.807) is 31.9 Å². The molecule has 1 heterocycles. The molecule has 6 heteroatoms. The summed E-state index contributed by atoms with van der Waals surface area (Å²) in [5.74, 6) is -0.000742. The fraction of sp³-hybridized carbons (Fsp3) is 0.667. The lowest BCUT2D eigenvalue weighted by Crippen LogP contribution is -2.30. The van der Waals surface area contributed by atoms with E-state index < -0.39 is 0 Å². The van der Waals surface area contributed by atoms with Crippen LogP contribution in [0.1, 0.15) is 18.7 Å². The molecule has 0 radical (unpaired) electrons. The van der Waals surface area contributed by atoms with Crippen LogP contribution in [0, 0.1) is 0 Å². The molecule has 6 nitrogen and oxygen atoms in total. The van der Waals surface area contributed by atoms with Crippen molar-refractivity contribution in [3.05, 3.63) is 11.9 Å². The Balaban J connectivity index is 2.73. The molecule has 84 valence electrons. The first-order chi connectivity index (χ1) is 7.06. The molecular formula is C9H17N5O. The zero-order chi connectivity index (χ0) is 11.4. The molecule has 0 saturated carbocycles. The molecule has 0 spiro atoms. The van der Waals surface area contributed by atoms with Crippen LogP contribution >= 0.6 is 0 Å². The number of nitrogens with zero attached hydrogens (tertiary/aromatic N) is 4. The Labute approximate surface area is 89.0 Å². The van der Waals surface area contributed by atoms with Crippen LogP contribution in [0.25, 0.3) is 0 Å². The summed E-state index contributed by atoms with van der Waals surface area (Å²) in [6.45, 7) is 2.33. The molecule has 0 aliphatic rings. The SMILES string of the molecule is CC(C(=O)N(C)C)n1cc(CCN)nn1. The van der Waals surface area contributed by atoms with Gasteiger partial charge >= 0.3 is 0 Å². The normalized spacial score (nSPS) is 12.5. The summed E-state index contributed by atoms with van der Waals surface area (Å²) in [4.78, 5) is 13.2. The number of aromatic nitrogens is 3. The van der Waals surface area contributed by atoms with Gasteiger partial charge in [0.05, 0.1) is 5.69 Å². The number of carbonyl (C=O) groups excluding carboxylic acids is 1. The Morgan fingerprint density at radius 3 is 2.87 bits per heavy atom. The third-order valence-electron chi connectivity index (χ3n) is 2.15. The highest BCUT2D eigenvalue weighted by Crippen LogP contribution is 2.07. The monoisotopic (exact) mass is 211 g/mol. The second kappa shape index (κ2) is 4.88. The predicted octanol–water partition coefficient (Wildman–Crippen LogP) is -0.571. The molecule has 1 aromatic rings. The van der Waals surface area contributed by atoms with E-state index in [1.807, 2.05) is 0 Å². The Morgan fingerprint density at radius 2 is 2.33 bits per heavy atom. The second-order valence-corrected chi connectivity index (χ2v) is 3.64. The predicted molar refractivity (Wildman–Crippen MR) is 56.2 cm³/mol. The van der Waals surface area contributed by atoms with E-state index in [0.29, 0.717) is 13.0 Å². The van der Waals surface area contributed by atoms with Crippen molar-refractivity contribution in [2.45, 2.75) is 19.4 Å². The smallest absolute Gasteiger partial charge is 0.246 e. The summed E-state index contributed by atoms with van der Waals surface area (Å²) >= 11 is 0. The van der Waals surface area contributed by atoms with Crippen molar-refractivity contribution < 1.29 is 4.79 Å². The van der Waals surface area contributed by atoms with Crippen LogP contribution in [-0.2, 0) is 11.2 Å². The number of hydrogen-bond donors (Lipinski definition) is 1. The van der Waals surface area contributed by atoms with Gasteiger partial charge in [-0.25, -0.2) is 4.68 Å². The lowest BCUT2D eigenvalue weighted by Gasteiger charge is -2.16. The van der Waals surface area contributed by atoms with E-state index in [4.69, 9.17) is 5.73 Å². The average molecular weight is 211 g/mol. The summed E-state index contributed by atoms with van der Waals surface area (Å²) < 4.78 is 1.56. The molecule has 1 atom stereocenters. The maximum absolute atomic E-state index is 11.6. The third kappa shape index (κ3) is 2.76. The molecule has 0 bridgehead atoms. The first-order valence-electron chi connectivity index (χ1n) is 4.88. The number of likely N-dealkylation sites (N-methyl/N-ethyl adjacent to an activating group) is 1. The van der Waals surface area contributed by atoms with Crippen LogP contribution in [0.2, 0.25) is 0 Å². The highest BCUT2D eigenvalue weighted by molar-refractivity contribution is 5.79. The minimum Gasteiger partial charge on any atom is -0.347 e. The third-order valence-corrected chi connectivity index (χ3v) is 2.15. The van der Waals surface area contributed by atoms with Gasteiger partial charge in [0.1, 0.15) is 6.04 Å². The van der Waals surface area contributed by atoms with E-state index in [0.717, 1.165) is 5.69 Å². The highest BCUT2D eigenvalue weighted by atomic mass is 16.2. The summed E-state index contributed by atoms with van der Waals surface area (Å²) in [7, 11) is 3.44. The van der Waals surface area contributed by atoms with Crippen molar-refractivity contribution in [1.29, 1.82) is 0 Å². The lowest BCUT2D eigenvalue weighted by molar-refractivity contribution is -0.132. The fourth-order valence-corrected chi connectivity index (χ4v) is 1.25. The lowest BCUT2D eigenvalue weighted by atomic mass is 10.3. The molecule has 1 aromatic heterocycles. The second-order valence-electron chi connectivity index (χ2n) is 3.64. The first kappa shape index (κ1) is 11.6. The molecule has 1 amide bonds. The van der Waals surface area contributed by atoms with Crippen LogP contribution in [-0.4, -0.2) is 46.4 Å². The Hall–Kier alpha value is -1.43. The standard InChI is InChI=1S/C9H17N5O/c1-7(9(15)13(2)3)14-6-8(4-5-10)11-12-14/h6-7H,4-5,10H2,1-3H3. The van der Waals surface area contributed by atoms with Crippen molar-refractivity contribution in [2.75, 3.05) is 20.6 Å². The van der Waals surface area contributed by atoms with Crippen LogP contribution in [0.5, 0.6) is 0 Å². The molecular weight excluding hydrogens is 194 g/mol. The molecule has 15 heavy (non-hydrogen) atoms. The Bertz CT molecular complexity index is 333. The molecule has 1 unspecified atom stereocenters. The van der Waals surface area contributed by atoms with Crippen molar-refractivity contribution in [1.82, 2.24) is 19.9 Å². The van der Waals surface area contributed by atoms with Crippen molar-refractivity contribution in [2.24, 2.45) is 5.73 Å². The van der Waals surface area contributed by atoms with Gasteiger partial charge in [-0.2, -0.15) is 0 Å². The topological polar surface area (TPSA) is 77.0 Å². The zero-order valence-corrected chi connectivity index (χ0v) is 9.34. The van der Waals surface area contributed by atoms with Gasteiger partial charge in [-0.1, -0.05) is 5.21 Å². The van der Waals surface area contributed by atoms with E-state index in [2.05, 4.69) is 10.3 Å². The molecule has 0 saturated heterocycles. The largest absolute Gasteiger partial charge is 0.347 e. The Morgan fingerprint density at radius 1 is 1.67 bits per heavy atom. The minimum absolute atomic E-state index is 0.000742. The summed E-state index contributed by atoms with van der Waals surface area (Å²) in [5, 5.41) is 7.83. The zero-order valence-electron chi connectivity index (χ0n) is 9.34. The maximum atomic E-state index is 11.6. The summed E-state index contributed by atoms with van der Waals surface area (Å²) in [5.41, 5.74) is 6.22. The van der Waals surface area contributed by atoms with Gasteiger partial charge in [0.2, 0.25) is 5.91 Å². The Kier molecular flexibility index (Phi) is 3.79. The quantitative estimate of drug-likeness (QED) is 0.723. The van der Waals surface area contributed by atoms with Gasteiger partial charge in [0.25, 0.3) is 0 Å². The van der Waals surface area contributed by atoms with Crippen molar-refractivity contribution >= 4 is 5.91 Å². The summed E-state index contributed by atoms with van der Waals surface area (Å²) in [6, 6.07) is -0.320. The first-order valence-corrected chi connectivity index (χ1v) is 4.88. The van der Waals surface area contributed by atoms with Gasteiger partial charge in [-0.05, 0) is 13.5 Å². The van der Waals surface area contributed by atoms with Crippen LogP contribution < -0.4 is 5.73 Å². The van der Waals surface area contributed by atoms with Crippen molar-refractivity contribution in [3.8, 4) is 0 Å².